The summed E-state index contributed by atoms with van der Waals surface area (Å²) in [4.78, 5) is 8.46. The molecule has 1 saturated heterocycles. The number of piperidine rings is 1. The zero-order chi connectivity index (χ0) is 17.5. The molecule has 0 amide bonds. The second-order valence-corrected chi connectivity index (χ2v) is 8.84. The molecule has 1 aromatic heterocycles. The van der Waals surface area contributed by atoms with E-state index in [1.165, 1.54) is 58.0 Å². The highest BCUT2D eigenvalue weighted by Crippen LogP contribution is 2.41. The van der Waals surface area contributed by atoms with E-state index in [4.69, 9.17) is 0 Å². The van der Waals surface area contributed by atoms with Crippen molar-refractivity contribution in [3.63, 3.8) is 0 Å². The first kappa shape index (κ1) is 22.0. The lowest BCUT2D eigenvalue weighted by atomic mass is 9.73. The average molecular weight is 490 g/mol. The zero-order valence-electron chi connectivity index (χ0n) is 16.3. The summed E-state index contributed by atoms with van der Waals surface area (Å²) in [5.41, 5.74) is 0.301. The molecule has 1 aromatic rings. The fraction of sp³-hybridized carbons (Fsp3) is 0.750. The van der Waals surface area contributed by atoms with E-state index < -0.39 is 0 Å². The van der Waals surface area contributed by atoms with Crippen LogP contribution >= 0.6 is 35.3 Å². The van der Waals surface area contributed by atoms with Gasteiger partial charge in [-0.1, -0.05) is 25.3 Å². The van der Waals surface area contributed by atoms with Gasteiger partial charge in [0, 0.05) is 37.0 Å². The molecule has 1 saturated carbocycles. The Labute approximate surface area is 180 Å². The standard InChI is InChI=1S/C20H34N4S.HI/c1-21-19(22-14-17-8-6-12-24(2)15-17)23-16-20(10-4-3-5-11-20)18-9-7-13-25-18;/h7,9,13,17H,3-6,8,10-12,14-16H2,1-2H3,(H2,21,22,23);1H. The average Bonchev–Trinajstić information content (AvgIpc) is 3.18. The van der Waals surface area contributed by atoms with E-state index in [1.807, 2.05) is 18.4 Å². The molecule has 2 fully saturated rings. The molecule has 4 nitrogen and oxygen atoms in total. The van der Waals surface area contributed by atoms with Crippen LogP contribution in [-0.4, -0.2) is 51.1 Å². The fourth-order valence-electron chi connectivity index (χ4n) is 4.47. The van der Waals surface area contributed by atoms with Crippen molar-refractivity contribution >= 4 is 41.3 Å². The molecule has 0 spiro atoms. The predicted octanol–water partition coefficient (Wildman–Crippen LogP) is 4.07. The number of aliphatic imine (C=N–C) groups is 1. The van der Waals surface area contributed by atoms with Gasteiger partial charge in [-0.25, -0.2) is 0 Å². The van der Waals surface area contributed by atoms with Gasteiger partial charge in [0.1, 0.15) is 0 Å². The van der Waals surface area contributed by atoms with Gasteiger partial charge < -0.3 is 15.5 Å². The Bertz CT molecular complexity index is 540. The van der Waals surface area contributed by atoms with Gasteiger partial charge in [0.15, 0.2) is 5.96 Å². The minimum atomic E-state index is 0. The second-order valence-electron chi connectivity index (χ2n) is 7.90. The maximum Gasteiger partial charge on any atom is 0.191 e. The number of thiophene rings is 1. The number of nitrogens with zero attached hydrogens (tertiary/aromatic N) is 2. The zero-order valence-corrected chi connectivity index (χ0v) is 19.4. The molecule has 2 heterocycles. The molecular formula is C20H35IN4S. The van der Waals surface area contributed by atoms with E-state index in [2.05, 4.69) is 45.1 Å². The summed E-state index contributed by atoms with van der Waals surface area (Å²) >= 11 is 1.92. The number of rotatable bonds is 5. The Morgan fingerprint density at radius 2 is 2.08 bits per heavy atom. The Morgan fingerprint density at radius 1 is 1.27 bits per heavy atom. The van der Waals surface area contributed by atoms with E-state index in [9.17, 15) is 0 Å². The van der Waals surface area contributed by atoms with Crippen molar-refractivity contribution in [2.24, 2.45) is 10.9 Å². The van der Waals surface area contributed by atoms with E-state index in [1.54, 1.807) is 4.88 Å². The van der Waals surface area contributed by atoms with Crippen molar-refractivity contribution in [2.45, 2.75) is 50.4 Å². The van der Waals surface area contributed by atoms with Crippen molar-refractivity contribution in [2.75, 3.05) is 40.3 Å². The number of hydrogen-bond donors (Lipinski definition) is 2. The van der Waals surface area contributed by atoms with Gasteiger partial charge in [-0.15, -0.1) is 35.3 Å². The molecule has 0 bridgehead atoms. The molecule has 148 valence electrons. The van der Waals surface area contributed by atoms with Crippen LogP contribution in [0.1, 0.15) is 49.8 Å². The normalized spacial score (nSPS) is 23.9. The summed E-state index contributed by atoms with van der Waals surface area (Å²) in [7, 11) is 4.12. The number of nitrogens with one attached hydrogen (secondary N) is 2. The van der Waals surface area contributed by atoms with Crippen molar-refractivity contribution in [1.82, 2.24) is 15.5 Å². The molecule has 1 atom stereocenters. The highest BCUT2D eigenvalue weighted by atomic mass is 127. The molecule has 0 aromatic carbocycles. The lowest BCUT2D eigenvalue weighted by molar-refractivity contribution is 0.210. The fourth-order valence-corrected chi connectivity index (χ4v) is 5.46. The van der Waals surface area contributed by atoms with Crippen LogP contribution in [0.25, 0.3) is 0 Å². The molecule has 1 unspecified atom stereocenters. The van der Waals surface area contributed by atoms with Crippen LogP contribution in [0.4, 0.5) is 0 Å². The second kappa shape index (κ2) is 10.9. The summed E-state index contributed by atoms with van der Waals surface area (Å²) in [6.45, 7) is 4.46. The molecule has 2 aliphatic rings. The minimum absolute atomic E-state index is 0. The van der Waals surface area contributed by atoms with Crippen molar-refractivity contribution < 1.29 is 0 Å². The summed E-state index contributed by atoms with van der Waals surface area (Å²) in [5.74, 6) is 1.70. The van der Waals surface area contributed by atoms with Crippen LogP contribution in [-0.2, 0) is 5.41 Å². The van der Waals surface area contributed by atoms with Crippen LogP contribution in [0.15, 0.2) is 22.5 Å². The lowest BCUT2D eigenvalue weighted by Crippen LogP contribution is -2.48. The topological polar surface area (TPSA) is 39.7 Å². The smallest absolute Gasteiger partial charge is 0.191 e. The van der Waals surface area contributed by atoms with Gasteiger partial charge in [0.2, 0.25) is 0 Å². The predicted molar refractivity (Wildman–Crippen MR) is 124 cm³/mol. The molecule has 1 aliphatic carbocycles. The highest BCUT2D eigenvalue weighted by Gasteiger charge is 2.34. The third-order valence-electron chi connectivity index (χ3n) is 5.95. The van der Waals surface area contributed by atoms with Gasteiger partial charge in [0.25, 0.3) is 0 Å². The highest BCUT2D eigenvalue weighted by molar-refractivity contribution is 14.0. The van der Waals surface area contributed by atoms with Gasteiger partial charge in [-0.2, -0.15) is 0 Å². The van der Waals surface area contributed by atoms with Crippen LogP contribution in [0, 0.1) is 5.92 Å². The molecule has 3 rings (SSSR count). The molecule has 0 radical (unpaired) electrons. The van der Waals surface area contributed by atoms with E-state index in [0.29, 0.717) is 5.41 Å². The van der Waals surface area contributed by atoms with Crippen molar-refractivity contribution in [1.29, 1.82) is 0 Å². The summed E-state index contributed by atoms with van der Waals surface area (Å²) in [6, 6.07) is 4.52. The van der Waals surface area contributed by atoms with E-state index >= 15 is 0 Å². The molecule has 26 heavy (non-hydrogen) atoms. The van der Waals surface area contributed by atoms with Gasteiger partial charge in [-0.3, -0.25) is 4.99 Å². The van der Waals surface area contributed by atoms with E-state index in [-0.39, 0.29) is 24.0 Å². The third kappa shape index (κ3) is 5.83. The van der Waals surface area contributed by atoms with Crippen LogP contribution < -0.4 is 10.6 Å². The quantitative estimate of drug-likeness (QED) is 0.371. The summed E-state index contributed by atoms with van der Waals surface area (Å²) in [5, 5.41) is 9.45. The Morgan fingerprint density at radius 3 is 2.73 bits per heavy atom. The summed E-state index contributed by atoms with van der Waals surface area (Å²) in [6.07, 6.45) is 9.31. The monoisotopic (exact) mass is 490 g/mol. The Hall–Kier alpha value is -0.340. The van der Waals surface area contributed by atoms with Crippen molar-refractivity contribution in [3.8, 4) is 0 Å². The van der Waals surface area contributed by atoms with Gasteiger partial charge in [0.05, 0.1) is 0 Å². The Balaban J connectivity index is 0.00000243. The first-order chi connectivity index (χ1) is 12.2. The molecular weight excluding hydrogens is 455 g/mol. The number of likely N-dealkylation sites (tertiary alicyclic amines) is 1. The minimum Gasteiger partial charge on any atom is -0.356 e. The third-order valence-corrected chi connectivity index (χ3v) is 7.07. The first-order valence-corrected chi connectivity index (χ1v) is 10.8. The maximum atomic E-state index is 4.47. The van der Waals surface area contributed by atoms with Crippen LogP contribution in [0.3, 0.4) is 0 Å². The van der Waals surface area contributed by atoms with Crippen molar-refractivity contribution in [3.05, 3.63) is 22.4 Å². The van der Waals surface area contributed by atoms with Crippen LogP contribution in [0.2, 0.25) is 0 Å². The molecule has 1 aliphatic heterocycles. The largest absolute Gasteiger partial charge is 0.356 e. The van der Waals surface area contributed by atoms with Gasteiger partial charge >= 0.3 is 0 Å². The number of hydrogen-bond acceptors (Lipinski definition) is 3. The van der Waals surface area contributed by atoms with Gasteiger partial charge in [-0.05, 0) is 56.6 Å². The van der Waals surface area contributed by atoms with Crippen LogP contribution in [0.5, 0.6) is 0 Å². The lowest BCUT2D eigenvalue weighted by Gasteiger charge is -2.37. The molecule has 2 N–H and O–H groups in total. The summed E-state index contributed by atoms with van der Waals surface area (Å²) < 4.78 is 0. The maximum absolute atomic E-state index is 4.47. The first-order valence-electron chi connectivity index (χ1n) is 9.89. The number of guanidine groups is 1. The number of halogens is 1. The Kier molecular flexibility index (Phi) is 9.17. The SMILES string of the molecule is CN=C(NCC1CCCN(C)C1)NCC1(c2cccs2)CCCCC1.I. The molecule has 6 heteroatoms. The van der Waals surface area contributed by atoms with E-state index in [0.717, 1.165) is 25.0 Å².